The predicted octanol–water partition coefficient (Wildman–Crippen LogP) is 3.60. The smallest absolute Gasteiger partial charge is 0.410 e. The maximum atomic E-state index is 12.3. The third-order valence-corrected chi connectivity index (χ3v) is 5.16. The van der Waals surface area contributed by atoms with Gasteiger partial charge in [0.25, 0.3) is 5.56 Å². The molecule has 7 heteroatoms. The first-order chi connectivity index (χ1) is 13.2. The number of carbonyl (C=O) groups is 1. The number of benzene rings is 1. The summed E-state index contributed by atoms with van der Waals surface area (Å²) in [5, 5.41) is 5.67. The summed E-state index contributed by atoms with van der Waals surface area (Å²) in [6, 6.07) is 7.68. The Morgan fingerprint density at radius 3 is 2.61 bits per heavy atom. The lowest BCUT2D eigenvalue weighted by atomic mass is 9.93. The van der Waals surface area contributed by atoms with Gasteiger partial charge in [0.1, 0.15) is 11.2 Å². The lowest BCUT2D eigenvalue weighted by Crippen LogP contribution is -2.41. The maximum Gasteiger partial charge on any atom is 0.410 e. The molecule has 1 aromatic carbocycles. The van der Waals surface area contributed by atoms with E-state index in [-0.39, 0.29) is 17.6 Å². The number of amides is 1. The Kier molecular flexibility index (Phi) is 4.40. The highest BCUT2D eigenvalue weighted by molar-refractivity contribution is 5.92. The van der Waals surface area contributed by atoms with E-state index in [0.717, 1.165) is 40.6 Å². The second kappa shape index (κ2) is 6.65. The molecule has 0 atom stereocenters. The molecule has 0 radical (unpaired) electrons. The molecule has 0 saturated carbocycles. The maximum absolute atomic E-state index is 12.3. The Hall–Kier alpha value is -2.83. The Balaban J connectivity index is 1.63. The van der Waals surface area contributed by atoms with Crippen LogP contribution in [-0.4, -0.2) is 44.3 Å². The fourth-order valence-corrected chi connectivity index (χ4v) is 3.83. The Labute approximate surface area is 163 Å². The number of nitrogens with one attached hydrogen (secondary N) is 1. The molecule has 148 valence electrons. The molecule has 0 bridgehead atoms. The van der Waals surface area contributed by atoms with Gasteiger partial charge in [0.15, 0.2) is 0 Å². The molecule has 1 fully saturated rings. The van der Waals surface area contributed by atoms with Crippen LogP contribution in [0, 0.1) is 6.92 Å². The first kappa shape index (κ1) is 18.5. The minimum Gasteiger partial charge on any atom is -0.444 e. The van der Waals surface area contributed by atoms with Gasteiger partial charge in [-0.1, -0.05) is 11.6 Å². The van der Waals surface area contributed by atoms with E-state index >= 15 is 0 Å². The number of aromatic nitrogens is 3. The zero-order chi connectivity index (χ0) is 20.1. The normalized spacial score (nSPS) is 16.1. The summed E-state index contributed by atoms with van der Waals surface area (Å²) < 4.78 is 7.33. The first-order valence-electron chi connectivity index (χ1n) is 9.71. The van der Waals surface area contributed by atoms with Crippen LogP contribution in [0.15, 0.2) is 29.1 Å². The van der Waals surface area contributed by atoms with E-state index in [1.54, 1.807) is 11.0 Å². The van der Waals surface area contributed by atoms with Crippen molar-refractivity contribution in [2.24, 2.45) is 0 Å². The molecule has 2 aromatic heterocycles. The van der Waals surface area contributed by atoms with Crippen molar-refractivity contribution in [2.75, 3.05) is 13.1 Å². The number of hydrogen-bond donors (Lipinski definition) is 1. The number of ether oxygens (including phenoxy) is 1. The molecule has 1 aliphatic heterocycles. The molecule has 28 heavy (non-hydrogen) atoms. The van der Waals surface area contributed by atoms with E-state index in [1.165, 1.54) is 0 Å². The minimum absolute atomic E-state index is 0.125. The van der Waals surface area contributed by atoms with Gasteiger partial charge in [0.2, 0.25) is 0 Å². The standard InChI is InChI=1S/C21H26N4O3/c1-13-5-6-16-15(11-13)19-22-18(26)12-17(25(19)23-16)14-7-9-24(10-8-14)20(27)28-21(2,3)4/h5-6,11-12,14H,7-10H2,1-4H3,(H,22,26). The molecule has 3 aromatic rings. The number of nitrogens with zero attached hydrogens (tertiary/aromatic N) is 3. The molecule has 1 aliphatic rings. The summed E-state index contributed by atoms with van der Waals surface area (Å²) in [4.78, 5) is 29.3. The molecule has 0 aliphatic carbocycles. The van der Waals surface area contributed by atoms with Gasteiger partial charge in [0.05, 0.1) is 11.2 Å². The van der Waals surface area contributed by atoms with Crippen molar-refractivity contribution in [2.45, 2.75) is 52.1 Å². The van der Waals surface area contributed by atoms with Crippen molar-refractivity contribution < 1.29 is 9.53 Å². The topological polar surface area (TPSA) is 79.7 Å². The van der Waals surface area contributed by atoms with Crippen LogP contribution in [0.1, 0.15) is 50.8 Å². The fraction of sp³-hybridized carbons (Fsp3) is 0.476. The van der Waals surface area contributed by atoms with E-state index in [1.807, 2.05) is 50.4 Å². The van der Waals surface area contributed by atoms with Crippen LogP contribution in [0.25, 0.3) is 16.6 Å². The number of aromatic amines is 1. The SMILES string of the molecule is Cc1ccc2nn3c(C4CCN(C(=O)OC(C)(C)C)CC4)cc(=O)[nH]c3c2c1. The summed E-state index contributed by atoms with van der Waals surface area (Å²) >= 11 is 0. The number of fused-ring (bicyclic) bond motifs is 3. The highest BCUT2D eigenvalue weighted by Gasteiger charge is 2.29. The van der Waals surface area contributed by atoms with Crippen molar-refractivity contribution in [1.82, 2.24) is 19.5 Å². The van der Waals surface area contributed by atoms with Gasteiger partial charge in [-0.15, -0.1) is 0 Å². The van der Waals surface area contributed by atoms with Crippen molar-refractivity contribution in [3.05, 3.63) is 45.9 Å². The molecule has 1 saturated heterocycles. The molecule has 0 unspecified atom stereocenters. The monoisotopic (exact) mass is 382 g/mol. The Morgan fingerprint density at radius 2 is 1.93 bits per heavy atom. The third kappa shape index (κ3) is 3.48. The number of likely N-dealkylation sites (tertiary alicyclic amines) is 1. The van der Waals surface area contributed by atoms with Gasteiger partial charge in [-0.2, -0.15) is 5.10 Å². The van der Waals surface area contributed by atoms with Crippen molar-refractivity contribution in [3.8, 4) is 0 Å². The van der Waals surface area contributed by atoms with Crippen LogP contribution in [-0.2, 0) is 4.74 Å². The molecule has 3 heterocycles. The van der Waals surface area contributed by atoms with E-state index in [4.69, 9.17) is 9.84 Å². The minimum atomic E-state index is -0.500. The largest absolute Gasteiger partial charge is 0.444 e. The van der Waals surface area contributed by atoms with E-state index in [9.17, 15) is 9.59 Å². The predicted molar refractivity (Wildman–Crippen MR) is 108 cm³/mol. The molecule has 4 rings (SSSR count). The van der Waals surface area contributed by atoms with Crippen LogP contribution in [0.5, 0.6) is 0 Å². The Morgan fingerprint density at radius 1 is 1.21 bits per heavy atom. The van der Waals surface area contributed by atoms with E-state index in [0.29, 0.717) is 13.1 Å². The van der Waals surface area contributed by atoms with Crippen LogP contribution < -0.4 is 5.56 Å². The second-order valence-corrected chi connectivity index (χ2v) is 8.58. The molecule has 1 amide bonds. The van der Waals surface area contributed by atoms with Gasteiger partial charge in [0, 0.05) is 30.5 Å². The molecular formula is C21H26N4O3. The van der Waals surface area contributed by atoms with Gasteiger partial charge < -0.3 is 14.6 Å². The molecule has 1 N–H and O–H groups in total. The van der Waals surface area contributed by atoms with Crippen molar-refractivity contribution >= 4 is 22.6 Å². The van der Waals surface area contributed by atoms with Gasteiger partial charge >= 0.3 is 6.09 Å². The van der Waals surface area contributed by atoms with E-state index in [2.05, 4.69) is 4.98 Å². The summed E-state index contributed by atoms with van der Waals surface area (Å²) in [5.74, 6) is 0.166. The highest BCUT2D eigenvalue weighted by atomic mass is 16.6. The molecule has 0 spiro atoms. The number of rotatable bonds is 1. The highest BCUT2D eigenvalue weighted by Crippen LogP contribution is 2.30. The van der Waals surface area contributed by atoms with Gasteiger partial charge in [-0.25, -0.2) is 9.31 Å². The number of carbonyl (C=O) groups excluding carboxylic acids is 1. The number of aryl methyl sites for hydroxylation is 1. The zero-order valence-electron chi connectivity index (χ0n) is 16.8. The van der Waals surface area contributed by atoms with Crippen LogP contribution >= 0.6 is 0 Å². The fourth-order valence-electron chi connectivity index (χ4n) is 3.83. The zero-order valence-corrected chi connectivity index (χ0v) is 16.8. The number of hydrogen-bond acceptors (Lipinski definition) is 4. The summed E-state index contributed by atoms with van der Waals surface area (Å²) in [6.07, 6.45) is 1.27. The quantitative estimate of drug-likeness (QED) is 0.697. The molecule has 7 nitrogen and oxygen atoms in total. The average Bonchev–Trinajstić information content (AvgIpc) is 2.97. The van der Waals surface area contributed by atoms with Crippen molar-refractivity contribution in [1.29, 1.82) is 0 Å². The van der Waals surface area contributed by atoms with Crippen LogP contribution in [0.4, 0.5) is 4.79 Å². The first-order valence-corrected chi connectivity index (χ1v) is 9.71. The third-order valence-electron chi connectivity index (χ3n) is 5.16. The van der Waals surface area contributed by atoms with E-state index < -0.39 is 5.60 Å². The number of H-pyrrole nitrogens is 1. The summed E-state index contributed by atoms with van der Waals surface area (Å²) in [7, 11) is 0. The van der Waals surface area contributed by atoms with Crippen molar-refractivity contribution in [3.63, 3.8) is 0 Å². The van der Waals surface area contributed by atoms with Crippen LogP contribution in [0.2, 0.25) is 0 Å². The lowest BCUT2D eigenvalue weighted by Gasteiger charge is -2.33. The summed E-state index contributed by atoms with van der Waals surface area (Å²) in [6.45, 7) is 8.84. The number of piperidine rings is 1. The van der Waals surface area contributed by atoms with Gasteiger partial charge in [-0.05, 0) is 52.7 Å². The lowest BCUT2D eigenvalue weighted by molar-refractivity contribution is 0.0203. The van der Waals surface area contributed by atoms with Crippen LogP contribution in [0.3, 0.4) is 0 Å². The average molecular weight is 382 g/mol. The van der Waals surface area contributed by atoms with Gasteiger partial charge in [-0.3, -0.25) is 4.79 Å². The Bertz CT molecular complexity index is 1100. The summed E-state index contributed by atoms with van der Waals surface area (Å²) in [5.41, 5.74) is 2.99. The molecular weight excluding hydrogens is 356 g/mol. The second-order valence-electron chi connectivity index (χ2n) is 8.58.